The number of amides is 2. The van der Waals surface area contributed by atoms with Crippen molar-refractivity contribution in [2.75, 3.05) is 12.4 Å². The highest BCUT2D eigenvalue weighted by molar-refractivity contribution is 5.95. The van der Waals surface area contributed by atoms with E-state index in [2.05, 4.69) is 17.4 Å². The maximum Gasteiger partial charge on any atom is 0.407 e. The van der Waals surface area contributed by atoms with Crippen LogP contribution in [-0.4, -0.2) is 46.3 Å². The summed E-state index contributed by atoms with van der Waals surface area (Å²) in [5.41, 5.74) is 11.3. The fourth-order valence-corrected chi connectivity index (χ4v) is 5.77. The minimum absolute atomic E-state index is 0.141. The number of nitrogens with one attached hydrogen (secondary N) is 1. The number of nitrogens with zero attached hydrogens (tertiary/aromatic N) is 2. The largest absolute Gasteiger partial charge is 0.465 e. The van der Waals surface area contributed by atoms with Gasteiger partial charge in [-0.15, -0.1) is 0 Å². The van der Waals surface area contributed by atoms with E-state index in [9.17, 15) is 14.7 Å². The zero-order chi connectivity index (χ0) is 27.6. The molecule has 1 heterocycles. The number of carboxylic acid groups (broad SMARTS) is 1. The van der Waals surface area contributed by atoms with Gasteiger partial charge in [0.05, 0.1) is 17.6 Å². The summed E-state index contributed by atoms with van der Waals surface area (Å²) in [5.74, 6) is -1.14. The van der Waals surface area contributed by atoms with Gasteiger partial charge >= 0.3 is 6.09 Å². The number of anilines is 1. The summed E-state index contributed by atoms with van der Waals surface area (Å²) in [6, 6.07) is 19.7. The molecule has 3 aromatic rings. The summed E-state index contributed by atoms with van der Waals surface area (Å²) in [4.78, 5) is 30.1. The number of hydrogen-bond donors (Lipinski definition) is 3. The standard InChI is InChI=1S/C31H35FN4O3/c1-36(30(38)39)25-14-10-21(11-15-25)27(32)29(37)35-24-18-26(20-6-3-2-4-7-20)28(34-19-24)22-8-12-23(13-9-22)31(33)16-5-17-31/h2-4,6-9,12-13,18-19,21,25,27H,5,10-11,14-17,33H2,1H3,(H,35,37)(H,38,39). The highest BCUT2D eigenvalue weighted by Gasteiger charge is 2.35. The minimum atomic E-state index is -1.68. The van der Waals surface area contributed by atoms with E-state index >= 15 is 4.39 Å². The van der Waals surface area contributed by atoms with Crippen LogP contribution < -0.4 is 11.1 Å². The van der Waals surface area contributed by atoms with Crippen LogP contribution in [0.5, 0.6) is 0 Å². The van der Waals surface area contributed by atoms with Crippen molar-refractivity contribution in [2.45, 2.75) is 62.7 Å². The Morgan fingerprint density at radius 1 is 1.05 bits per heavy atom. The quantitative estimate of drug-likeness (QED) is 0.337. The van der Waals surface area contributed by atoms with E-state index in [-0.39, 0.29) is 11.6 Å². The van der Waals surface area contributed by atoms with Crippen molar-refractivity contribution in [1.82, 2.24) is 9.88 Å². The molecule has 2 fully saturated rings. The molecule has 1 unspecified atom stereocenters. The fraction of sp³-hybridized carbons (Fsp3) is 0.387. The SMILES string of the molecule is CN(C(=O)O)C1CCC(C(F)C(=O)Nc2cnc(-c3ccc(C4(N)CCC4)cc3)c(-c3ccccc3)c2)CC1. The first-order chi connectivity index (χ1) is 18.7. The number of rotatable bonds is 7. The third-order valence-corrected chi connectivity index (χ3v) is 8.47. The maximum atomic E-state index is 15.2. The summed E-state index contributed by atoms with van der Waals surface area (Å²) in [5, 5.41) is 11.9. The van der Waals surface area contributed by atoms with E-state index in [1.807, 2.05) is 48.5 Å². The van der Waals surface area contributed by atoms with Gasteiger partial charge in [-0.05, 0) is 68.1 Å². The smallest absolute Gasteiger partial charge is 0.407 e. The number of aromatic nitrogens is 1. The topological polar surface area (TPSA) is 109 Å². The third kappa shape index (κ3) is 5.66. The van der Waals surface area contributed by atoms with Crippen LogP contribution in [0.15, 0.2) is 66.9 Å². The number of benzene rings is 2. The Hall–Kier alpha value is -3.78. The number of nitrogens with two attached hydrogens (primary N) is 1. The van der Waals surface area contributed by atoms with Gasteiger partial charge in [-0.2, -0.15) is 0 Å². The lowest BCUT2D eigenvalue weighted by molar-refractivity contribution is -0.123. The van der Waals surface area contributed by atoms with E-state index in [1.54, 1.807) is 6.20 Å². The van der Waals surface area contributed by atoms with Crippen molar-refractivity contribution in [1.29, 1.82) is 0 Å². The average Bonchev–Trinajstić information content (AvgIpc) is 2.95. The molecule has 39 heavy (non-hydrogen) atoms. The number of alkyl halides is 1. The number of halogens is 1. The number of carbonyl (C=O) groups is 2. The molecule has 1 atom stereocenters. The van der Waals surface area contributed by atoms with Gasteiger partial charge in [-0.3, -0.25) is 9.78 Å². The third-order valence-electron chi connectivity index (χ3n) is 8.47. The second kappa shape index (κ2) is 11.1. The first-order valence-corrected chi connectivity index (χ1v) is 13.6. The highest BCUT2D eigenvalue weighted by atomic mass is 19.1. The van der Waals surface area contributed by atoms with Crippen LogP contribution in [-0.2, 0) is 10.3 Å². The molecule has 0 aliphatic heterocycles. The first kappa shape index (κ1) is 26.8. The molecule has 2 amide bonds. The van der Waals surface area contributed by atoms with Crippen LogP contribution in [0, 0.1) is 5.92 Å². The zero-order valence-electron chi connectivity index (χ0n) is 22.1. The van der Waals surface area contributed by atoms with Gasteiger partial charge in [-0.1, -0.05) is 54.6 Å². The van der Waals surface area contributed by atoms with E-state index in [0.29, 0.717) is 31.4 Å². The van der Waals surface area contributed by atoms with E-state index in [0.717, 1.165) is 47.2 Å². The van der Waals surface area contributed by atoms with Gasteiger partial charge in [-0.25, -0.2) is 9.18 Å². The lowest BCUT2D eigenvalue weighted by Gasteiger charge is -2.38. The molecule has 204 valence electrons. The van der Waals surface area contributed by atoms with Gasteiger partial charge in [0.1, 0.15) is 0 Å². The Labute approximate surface area is 228 Å². The van der Waals surface area contributed by atoms with Crippen molar-refractivity contribution < 1.29 is 19.1 Å². The second-order valence-electron chi connectivity index (χ2n) is 10.9. The highest BCUT2D eigenvalue weighted by Crippen LogP contribution is 2.40. The number of carbonyl (C=O) groups excluding carboxylic acids is 1. The summed E-state index contributed by atoms with van der Waals surface area (Å²) < 4.78 is 15.2. The monoisotopic (exact) mass is 530 g/mol. The van der Waals surface area contributed by atoms with Crippen LogP contribution in [0.2, 0.25) is 0 Å². The van der Waals surface area contributed by atoms with Crippen LogP contribution in [0.25, 0.3) is 22.4 Å². The molecule has 0 bridgehead atoms. The molecule has 7 nitrogen and oxygen atoms in total. The minimum Gasteiger partial charge on any atom is -0.465 e. The van der Waals surface area contributed by atoms with Gasteiger partial charge in [0.15, 0.2) is 6.17 Å². The lowest BCUT2D eigenvalue weighted by Crippen LogP contribution is -2.43. The van der Waals surface area contributed by atoms with Crippen LogP contribution in [0.4, 0.5) is 14.9 Å². The molecule has 2 saturated carbocycles. The average molecular weight is 531 g/mol. The molecule has 2 aromatic carbocycles. The predicted molar refractivity (Wildman–Crippen MR) is 150 cm³/mol. The molecule has 2 aliphatic rings. The van der Waals surface area contributed by atoms with Gasteiger partial charge in [0.25, 0.3) is 5.91 Å². The molecule has 8 heteroatoms. The predicted octanol–water partition coefficient (Wildman–Crippen LogP) is 6.20. The summed E-state index contributed by atoms with van der Waals surface area (Å²) >= 11 is 0. The summed E-state index contributed by atoms with van der Waals surface area (Å²) in [6.07, 6.45) is 4.03. The summed E-state index contributed by atoms with van der Waals surface area (Å²) in [6.45, 7) is 0. The van der Waals surface area contributed by atoms with E-state index < -0.39 is 24.1 Å². The normalized spacial score (nSPS) is 20.9. The number of hydrogen-bond acceptors (Lipinski definition) is 4. The Kier molecular flexibility index (Phi) is 7.66. The van der Waals surface area contributed by atoms with Crippen molar-refractivity contribution in [3.05, 3.63) is 72.4 Å². The number of pyridine rings is 1. The molecule has 2 aliphatic carbocycles. The second-order valence-corrected chi connectivity index (χ2v) is 10.9. The molecule has 5 rings (SSSR count). The Balaban J connectivity index is 1.33. The maximum absolute atomic E-state index is 15.2. The summed E-state index contributed by atoms with van der Waals surface area (Å²) in [7, 11) is 1.53. The van der Waals surface area contributed by atoms with Crippen LogP contribution >= 0.6 is 0 Å². The lowest BCUT2D eigenvalue weighted by atomic mass is 9.72. The van der Waals surface area contributed by atoms with Crippen LogP contribution in [0.1, 0.15) is 50.5 Å². The van der Waals surface area contributed by atoms with Crippen LogP contribution in [0.3, 0.4) is 0 Å². The van der Waals surface area contributed by atoms with Gasteiger partial charge < -0.3 is 21.1 Å². The molecule has 0 spiro atoms. The van der Waals surface area contributed by atoms with Gasteiger partial charge in [0.2, 0.25) is 0 Å². The van der Waals surface area contributed by atoms with Crippen molar-refractivity contribution in [3.8, 4) is 22.4 Å². The molecular weight excluding hydrogens is 495 g/mol. The molecular formula is C31H35FN4O3. The van der Waals surface area contributed by atoms with Gasteiger partial charge in [0, 0.05) is 29.8 Å². The molecule has 4 N–H and O–H groups in total. The van der Waals surface area contributed by atoms with Crippen molar-refractivity contribution in [3.63, 3.8) is 0 Å². The first-order valence-electron chi connectivity index (χ1n) is 13.6. The molecule has 1 aromatic heterocycles. The molecule has 0 saturated heterocycles. The Morgan fingerprint density at radius 2 is 1.72 bits per heavy atom. The Morgan fingerprint density at radius 3 is 2.31 bits per heavy atom. The molecule has 0 radical (unpaired) electrons. The van der Waals surface area contributed by atoms with E-state index in [1.165, 1.54) is 11.9 Å². The Bertz CT molecular complexity index is 1320. The van der Waals surface area contributed by atoms with Crippen molar-refractivity contribution >= 4 is 17.7 Å². The van der Waals surface area contributed by atoms with Crippen molar-refractivity contribution in [2.24, 2.45) is 11.7 Å². The zero-order valence-corrected chi connectivity index (χ0v) is 22.1. The van der Waals surface area contributed by atoms with E-state index in [4.69, 9.17) is 10.7 Å². The fourth-order valence-electron chi connectivity index (χ4n) is 5.77.